The predicted octanol–water partition coefficient (Wildman–Crippen LogP) is 1.00. The molecule has 14 heavy (non-hydrogen) atoms. The van der Waals surface area contributed by atoms with Crippen molar-refractivity contribution in [3.05, 3.63) is 29.6 Å². The summed E-state index contributed by atoms with van der Waals surface area (Å²) in [6, 6.07) is 4.40. The lowest BCUT2D eigenvalue weighted by Gasteiger charge is -2.22. The molecule has 1 aromatic rings. The Labute approximate surface area is 82.3 Å². The number of halogens is 1. The van der Waals surface area contributed by atoms with Crippen LogP contribution in [0, 0.1) is 5.82 Å². The summed E-state index contributed by atoms with van der Waals surface area (Å²) in [5, 5.41) is 8.99. The molecule has 0 saturated heterocycles. The second-order valence-electron chi connectivity index (χ2n) is 3.42. The zero-order chi connectivity index (χ0) is 10.8. The number of aliphatic hydroxyl groups excluding tert-OH is 1. The van der Waals surface area contributed by atoms with Crippen LogP contribution in [0.25, 0.3) is 0 Å². The van der Waals surface area contributed by atoms with Crippen LogP contribution >= 0.6 is 0 Å². The molecule has 1 rings (SSSR count). The fraction of sp³-hybridized carbons (Fsp3) is 0.400. The van der Waals surface area contributed by atoms with E-state index in [2.05, 4.69) is 0 Å². The molecule has 0 aliphatic heterocycles. The van der Waals surface area contributed by atoms with Crippen molar-refractivity contribution >= 4 is 0 Å². The number of ether oxygens (including phenoxy) is 1. The number of hydrogen-bond donors (Lipinski definition) is 2. The van der Waals surface area contributed by atoms with Crippen molar-refractivity contribution in [2.45, 2.75) is 12.5 Å². The summed E-state index contributed by atoms with van der Waals surface area (Å²) in [5.74, 6) is -0.308. The molecule has 3 N–H and O–H groups in total. The van der Waals surface area contributed by atoms with Crippen LogP contribution in [0.2, 0.25) is 0 Å². The average Bonchev–Trinajstić information content (AvgIpc) is 2.17. The molecular formula is C10H14FNO2. The van der Waals surface area contributed by atoms with Gasteiger partial charge in [0.2, 0.25) is 0 Å². The molecule has 1 aromatic carbocycles. The van der Waals surface area contributed by atoms with E-state index < -0.39 is 11.4 Å². The van der Waals surface area contributed by atoms with Gasteiger partial charge in [0.25, 0.3) is 0 Å². The van der Waals surface area contributed by atoms with Crippen molar-refractivity contribution in [3.8, 4) is 5.75 Å². The molecule has 0 aliphatic rings. The second kappa shape index (κ2) is 3.94. The minimum Gasteiger partial charge on any atom is -0.494 e. The van der Waals surface area contributed by atoms with Gasteiger partial charge in [-0.05, 0) is 24.6 Å². The molecule has 4 heteroatoms. The Hall–Kier alpha value is -1.13. The number of aliphatic hydroxyl groups is 1. The highest BCUT2D eigenvalue weighted by Gasteiger charge is 2.21. The third kappa shape index (κ3) is 2.02. The molecule has 0 spiro atoms. The molecule has 0 radical (unpaired) electrons. The van der Waals surface area contributed by atoms with Gasteiger partial charge >= 0.3 is 0 Å². The Morgan fingerprint density at radius 1 is 1.57 bits per heavy atom. The number of rotatable bonds is 3. The van der Waals surface area contributed by atoms with Crippen LogP contribution in [0.1, 0.15) is 12.5 Å². The first kappa shape index (κ1) is 10.9. The number of nitrogens with two attached hydrogens (primary N) is 1. The SMILES string of the molecule is COc1ccc(C(C)(N)CO)cc1F. The highest BCUT2D eigenvalue weighted by Crippen LogP contribution is 2.23. The number of hydrogen-bond acceptors (Lipinski definition) is 3. The zero-order valence-corrected chi connectivity index (χ0v) is 8.25. The Balaban J connectivity index is 3.08. The van der Waals surface area contributed by atoms with E-state index in [1.807, 2.05) is 0 Å². The summed E-state index contributed by atoms with van der Waals surface area (Å²) < 4.78 is 18.0. The first-order chi connectivity index (χ1) is 6.51. The van der Waals surface area contributed by atoms with Gasteiger partial charge in [-0.3, -0.25) is 0 Å². The molecule has 78 valence electrons. The standard InChI is InChI=1S/C10H14FNO2/c1-10(12,6-13)7-3-4-9(14-2)8(11)5-7/h3-5,13H,6,12H2,1-2H3. The van der Waals surface area contributed by atoms with Gasteiger partial charge in [-0.1, -0.05) is 6.07 Å². The minimum absolute atomic E-state index is 0.169. The molecule has 0 amide bonds. The number of benzene rings is 1. The van der Waals surface area contributed by atoms with Crippen LogP contribution in [0.4, 0.5) is 4.39 Å². The molecule has 3 nitrogen and oxygen atoms in total. The van der Waals surface area contributed by atoms with Gasteiger partial charge in [0.15, 0.2) is 11.6 Å². The Bertz CT molecular complexity index is 326. The van der Waals surface area contributed by atoms with Crippen LogP contribution in [0.15, 0.2) is 18.2 Å². The largest absolute Gasteiger partial charge is 0.494 e. The maximum Gasteiger partial charge on any atom is 0.165 e. The monoisotopic (exact) mass is 199 g/mol. The van der Waals surface area contributed by atoms with Crippen molar-refractivity contribution in [2.24, 2.45) is 5.73 Å². The Kier molecular flexibility index (Phi) is 3.08. The van der Waals surface area contributed by atoms with Crippen molar-refractivity contribution < 1.29 is 14.2 Å². The molecule has 0 bridgehead atoms. The lowest BCUT2D eigenvalue weighted by molar-refractivity contribution is 0.209. The van der Waals surface area contributed by atoms with Crippen LogP contribution < -0.4 is 10.5 Å². The molecule has 0 aromatic heterocycles. The van der Waals surface area contributed by atoms with Crippen molar-refractivity contribution in [3.63, 3.8) is 0 Å². The summed E-state index contributed by atoms with van der Waals surface area (Å²) >= 11 is 0. The normalized spacial score (nSPS) is 14.9. The molecule has 1 unspecified atom stereocenters. The minimum atomic E-state index is -0.924. The Morgan fingerprint density at radius 3 is 2.64 bits per heavy atom. The average molecular weight is 199 g/mol. The maximum atomic E-state index is 13.3. The van der Waals surface area contributed by atoms with E-state index in [1.165, 1.54) is 19.2 Å². The summed E-state index contributed by atoms with van der Waals surface area (Å²) in [4.78, 5) is 0. The molecular weight excluding hydrogens is 185 g/mol. The van der Waals surface area contributed by atoms with Gasteiger partial charge in [0, 0.05) is 0 Å². The highest BCUT2D eigenvalue weighted by atomic mass is 19.1. The van der Waals surface area contributed by atoms with E-state index in [1.54, 1.807) is 13.0 Å². The summed E-state index contributed by atoms with van der Waals surface area (Å²) in [6.45, 7) is 1.40. The zero-order valence-electron chi connectivity index (χ0n) is 8.25. The van der Waals surface area contributed by atoms with E-state index >= 15 is 0 Å². The lowest BCUT2D eigenvalue weighted by Crippen LogP contribution is -2.36. The first-order valence-electron chi connectivity index (χ1n) is 4.25. The summed E-state index contributed by atoms with van der Waals surface area (Å²) in [7, 11) is 1.39. The summed E-state index contributed by atoms with van der Waals surface area (Å²) in [5.41, 5.74) is 5.36. The highest BCUT2D eigenvalue weighted by molar-refractivity contribution is 5.32. The van der Waals surface area contributed by atoms with E-state index in [-0.39, 0.29) is 12.4 Å². The van der Waals surface area contributed by atoms with Gasteiger partial charge in [-0.25, -0.2) is 4.39 Å². The molecule has 1 atom stereocenters. The number of methoxy groups -OCH3 is 1. The quantitative estimate of drug-likeness (QED) is 0.763. The smallest absolute Gasteiger partial charge is 0.165 e. The third-order valence-corrected chi connectivity index (χ3v) is 2.14. The summed E-state index contributed by atoms with van der Waals surface area (Å²) in [6.07, 6.45) is 0. The van der Waals surface area contributed by atoms with Crippen molar-refractivity contribution in [1.82, 2.24) is 0 Å². The van der Waals surface area contributed by atoms with Crippen LogP contribution in [-0.4, -0.2) is 18.8 Å². The van der Waals surface area contributed by atoms with E-state index in [9.17, 15) is 4.39 Å². The second-order valence-corrected chi connectivity index (χ2v) is 3.42. The van der Waals surface area contributed by atoms with Gasteiger partial charge in [0.1, 0.15) is 0 Å². The molecule has 0 aliphatic carbocycles. The van der Waals surface area contributed by atoms with Crippen LogP contribution in [-0.2, 0) is 5.54 Å². The maximum absolute atomic E-state index is 13.3. The van der Waals surface area contributed by atoms with E-state index in [0.29, 0.717) is 5.56 Å². The molecule has 0 heterocycles. The van der Waals surface area contributed by atoms with Crippen molar-refractivity contribution in [2.75, 3.05) is 13.7 Å². The van der Waals surface area contributed by atoms with Gasteiger partial charge < -0.3 is 15.6 Å². The first-order valence-corrected chi connectivity index (χ1v) is 4.25. The van der Waals surface area contributed by atoms with E-state index in [0.717, 1.165) is 0 Å². The van der Waals surface area contributed by atoms with E-state index in [4.69, 9.17) is 15.6 Å². The lowest BCUT2D eigenvalue weighted by atomic mass is 9.94. The third-order valence-electron chi connectivity index (χ3n) is 2.14. The van der Waals surface area contributed by atoms with Gasteiger partial charge in [-0.15, -0.1) is 0 Å². The topological polar surface area (TPSA) is 55.5 Å². The van der Waals surface area contributed by atoms with Crippen LogP contribution in [0.3, 0.4) is 0 Å². The van der Waals surface area contributed by atoms with Crippen LogP contribution in [0.5, 0.6) is 5.75 Å². The molecule has 0 saturated carbocycles. The van der Waals surface area contributed by atoms with Crippen molar-refractivity contribution in [1.29, 1.82) is 0 Å². The Morgan fingerprint density at radius 2 is 2.21 bits per heavy atom. The van der Waals surface area contributed by atoms with Gasteiger partial charge in [-0.2, -0.15) is 0 Å². The molecule has 0 fully saturated rings. The fourth-order valence-corrected chi connectivity index (χ4v) is 1.11. The van der Waals surface area contributed by atoms with Gasteiger partial charge in [0.05, 0.1) is 19.3 Å². The predicted molar refractivity (Wildman–Crippen MR) is 51.6 cm³/mol. The fourth-order valence-electron chi connectivity index (χ4n) is 1.11.